The zero-order valence-corrected chi connectivity index (χ0v) is 19.0. The Kier molecular flexibility index (Phi) is 5.31. The summed E-state index contributed by atoms with van der Waals surface area (Å²) in [5.74, 6) is -0.0159. The van der Waals surface area contributed by atoms with Gasteiger partial charge in [0.1, 0.15) is 11.9 Å². The molecule has 0 bridgehead atoms. The minimum atomic E-state index is -0.412. The van der Waals surface area contributed by atoms with Crippen LogP contribution in [0, 0.1) is 0 Å². The first-order valence-electron chi connectivity index (χ1n) is 11.5. The average molecular weight is 458 g/mol. The van der Waals surface area contributed by atoms with E-state index in [1.807, 2.05) is 113 Å². The average Bonchev–Trinajstić information content (AvgIpc) is 3.37. The molecule has 0 saturated heterocycles. The molecule has 6 nitrogen and oxygen atoms in total. The summed E-state index contributed by atoms with van der Waals surface area (Å²) in [6.45, 7) is 0.467. The Morgan fingerprint density at radius 1 is 0.829 bits per heavy atom. The van der Waals surface area contributed by atoms with Crippen molar-refractivity contribution in [2.45, 2.75) is 12.7 Å². The number of fused-ring (bicyclic) bond motifs is 1. The Bertz CT molecular complexity index is 1470. The van der Waals surface area contributed by atoms with Gasteiger partial charge < -0.3 is 10.2 Å². The molecule has 0 aliphatic carbocycles. The first-order chi connectivity index (χ1) is 17.3. The summed E-state index contributed by atoms with van der Waals surface area (Å²) in [6, 6.07) is 31.6. The van der Waals surface area contributed by atoms with Crippen LogP contribution in [0.1, 0.15) is 27.7 Å². The van der Waals surface area contributed by atoms with Crippen molar-refractivity contribution in [2.75, 3.05) is 5.32 Å². The molecule has 0 fully saturated rings. The lowest BCUT2D eigenvalue weighted by molar-refractivity contribution is 0.0667. The number of benzene rings is 3. The second-order valence-electron chi connectivity index (χ2n) is 8.47. The van der Waals surface area contributed by atoms with Crippen LogP contribution in [0.2, 0.25) is 0 Å². The SMILES string of the molecule is O=C1c2ccccc2NC(c2cn(-c3ccccc3)nc2-c2cccnc2)N1Cc1ccccc1. The van der Waals surface area contributed by atoms with Crippen LogP contribution in [0.3, 0.4) is 0 Å². The fourth-order valence-electron chi connectivity index (χ4n) is 4.51. The van der Waals surface area contributed by atoms with Crippen LogP contribution in [0.5, 0.6) is 0 Å². The number of nitrogens with zero attached hydrogens (tertiary/aromatic N) is 4. The predicted octanol–water partition coefficient (Wildman–Crippen LogP) is 5.70. The van der Waals surface area contributed by atoms with Crippen LogP contribution in [-0.2, 0) is 6.54 Å². The molecule has 2 aromatic heterocycles. The van der Waals surface area contributed by atoms with Gasteiger partial charge in [0.15, 0.2) is 0 Å². The Morgan fingerprint density at radius 3 is 2.34 bits per heavy atom. The molecule has 1 aliphatic heterocycles. The van der Waals surface area contributed by atoms with E-state index in [0.717, 1.165) is 33.8 Å². The molecular weight excluding hydrogens is 434 g/mol. The fourth-order valence-corrected chi connectivity index (χ4v) is 4.51. The molecule has 35 heavy (non-hydrogen) atoms. The molecular formula is C29H23N5O. The van der Waals surface area contributed by atoms with Gasteiger partial charge in [0.25, 0.3) is 5.91 Å². The molecule has 1 aliphatic rings. The second kappa shape index (κ2) is 8.91. The van der Waals surface area contributed by atoms with E-state index < -0.39 is 6.17 Å². The first-order valence-corrected chi connectivity index (χ1v) is 11.5. The summed E-state index contributed by atoms with van der Waals surface area (Å²) < 4.78 is 1.87. The Balaban J connectivity index is 1.52. The Labute approximate surface area is 203 Å². The highest BCUT2D eigenvalue weighted by molar-refractivity contribution is 6.01. The van der Waals surface area contributed by atoms with E-state index in [-0.39, 0.29) is 5.91 Å². The number of hydrogen-bond donors (Lipinski definition) is 1. The standard InChI is InChI=1S/C29H23N5O/c35-29-24-15-7-8-16-26(24)31-28(33(29)19-21-10-3-1-4-11-21)25-20-34(23-13-5-2-6-14-23)32-27(25)22-12-9-17-30-18-22/h1-18,20,28,31H,19H2. The maximum atomic E-state index is 13.8. The zero-order valence-electron chi connectivity index (χ0n) is 19.0. The minimum absolute atomic E-state index is 0.0159. The highest BCUT2D eigenvalue weighted by Gasteiger charge is 2.35. The number of amides is 1. The van der Waals surface area contributed by atoms with E-state index in [0.29, 0.717) is 12.1 Å². The summed E-state index contributed by atoms with van der Waals surface area (Å²) in [5.41, 5.74) is 6.07. The van der Waals surface area contributed by atoms with Gasteiger partial charge in [0.05, 0.1) is 11.3 Å². The Morgan fingerprint density at radius 2 is 1.57 bits per heavy atom. The van der Waals surface area contributed by atoms with Crippen LogP contribution in [0.15, 0.2) is 116 Å². The highest BCUT2D eigenvalue weighted by Crippen LogP contribution is 2.38. The van der Waals surface area contributed by atoms with Crippen molar-refractivity contribution in [3.63, 3.8) is 0 Å². The van der Waals surface area contributed by atoms with Crippen molar-refractivity contribution < 1.29 is 4.79 Å². The summed E-state index contributed by atoms with van der Waals surface area (Å²) in [5, 5.41) is 8.57. The normalized spacial score (nSPS) is 14.9. The van der Waals surface area contributed by atoms with Gasteiger partial charge in [0, 0.05) is 41.9 Å². The number of carbonyl (C=O) groups excluding carboxylic acids is 1. The monoisotopic (exact) mass is 457 g/mol. The summed E-state index contributed by atoms with van der Waals surface area (Å²) in [4.78, 5) is 20.0. The number of nitrogens with one attached hydrogen (secondary N) is 1. The van der Waals surface area contributed by atoms with Gasteiger partial charge in [-0.1, -0.05) is 60.7 Å². The van der Waals surface area contributed by atoms with Crippen molar-refractivity contribution in [3.8, 4) is 16.9 Å². The van der Waals surface area contributed by atoms with Crippen LogP contribution in [0.25, 0.3) is 16.9 Å². The van der Waals surface area contributed by atoms with Crippen LogP contribution < -0.4 is 5.32 Å². The van der Waals surface area contributed by atoms with E-state index in [9.17, 15) is 4.79 Å². The second-order valence-corrected chi connectivity index (χ2v) is 8.47. The summed E-state index contributed by atoms with van der Waals surface area (Å²) in [6.07, 6.45) is 5.15. The third kappa shape index (κ3) is 3.95. The van der Waals surface area contributed by atoms with Crippen LogP contribution in [-0.4, -0.2) is 25.6 Å². The number of pyridine rings is 1. The maximum Gasteiger partial charge on any atom is 0.258 e. The molecule has 1 unspecified atom stereocenters. The number of aromatic nitrogens is 3. The van der Waals surface area contributed by atoms with Gasteiger partial charge in [-0.3, -0.25) is 9.78 Å². The minimum Gasteiger partial charge on any atom is -0.361 e. The third-order valence-corrected chi connectivity index (χ3v) is 6.21. The molecule has 0 radical (unpaired) electrons. The summed E-state index contributed by atoms with van der Waals surface area (Å²) in [7, 11) is 0. The van der Waals surface area contributed by atoms with Gasteiger partial charge >= 0.3 is 0 Å². The lowest BCUT2D eigenvalue weighted by atomic mass is 10.0. The Hall–Kier alpha value is -4.71. The number of rotatable bonds is 5. The number of carbonyl (C=O) groups is 1. The van der Waals surface area contributed by atoms with Crippen LogP contribution in [0.4, 0.5) is 5.69 Å². The summed E-state index contributed by atoms with van der Waals surface area (Å²) >= 11 is 0. The molecule has 3 aromatic carbocycles. The highest BCUT2D eigenvalue weighted by atomic mass is 16.2. The molecule has 170 valence electrons. The number of para-hydroxylation sites is 2. The van der Waals surface area contributed by atoms with Gasteiger partial charge in [0.2, 0.25) is 0 Å². The smallest absolute Gasteiger partial charge is 0.258 e. The van der Waals surface area contributed by atoms with Gasteiger partial charge in [-0.05, 0) is 42.0 Å². The van der Waals surface area contributed by atoms with Crippen molar-refractivity contribution in [1.29, 1.82) is 0 Å². The quantitative estimate of drug-likeness (QED) is 0.368. The molecule has 1 N–H and O–H groups in total. The molecule has 6 heteroatoms. The van der Waals surface area contributed by atoms with Crippen molar-refractivity contribution >= 4 is 11.6 Å². The molecule has 0 saturated carbocycles. The molecule has 6 rings (SSSR count). The van der Waals surface area contributed by atoms with E-state index >= 15 is 0 Å². The third-order valence-electron chi connectivity index (χ3n) is 6.21. The van der Waals surface area contributed by atoms with Crippen molar-refractivity contribution in [2.24, 2.45) is 0 Å². The molecule has 5 aromatic rings. The van der Waals surface area contributed by atoms with E-state index in [1.165, 1.54) is 0 Å². The molecule has 3 heterocycles. The van der Waals surface area contributed by atoms with Crippen molar-refractivity contribution in [1.82, 2.24) is 19.7 Å². The predicted molar refractivity (Wildman–Crippen MR) is 136 cm³/mol. The number of anilines is 1. The van der Waals surface area contributed by atoms with E-state index in [2.05, 4.69) is 10.3 Å². The van der Waals surface area contributed by atoms with Gasteiger partial charge in [-0.25, -0.2) is 4.68 Å². The first kappa shape index (κ1) is 20.9. The zero-order chi connectivity index (χ0) is 23.6. The lowest BCUT2D eigenvalue weighted by Gasteiger charge is -2.38. The van der Waals surface area contributed by atoms with Gasteiger partial charge in [-0.15, -0.1) is 0 Å². The largest absolute Gasteiger partial charge is 0.361 e. The molecule has 1 amide bonds. The van der Waals surface area contributed by atoms with E-state index in [4.69, 9.17) is 5.10 Å². The molecule has 0 spiro atoms. The van der Waals surface area contributed by atoms with Gasteiger partial charge in [-0.2, -0.15) is 5.10 Å². The molecule has 1 atom stereocenters. The maximum absolute atomic E-state index is 13.8. The van der Waals surface area contributed by atoms with Crippen LogP contribution >= 0.6 is 0 Å². The van der Waals surface area contributed by atoms with Crippen molar-refractivity contribution in [3.05, 3.63) is 132 Å². The number of hydrogen-bond acceptors (Lipinski definition) is 4. The fraction of sp³-hybridized carbons (Fsp3) is 0.0690. The lowest BCUT2D eigenvalue weighted by Crippen LogP contribution is -2.42. The van der Waals surface area contributed by atoms with E-state index in [1.54, 1.807) is 12.4 Å². The topological polar surface area (TPSA) is 63.1 Å².